The van der Waals surface area contributed by atoms with Gasteiger partial charge in [-0.3, -0.25) is 0 Å². The number of benzene rings is 1. The van der Waals surface area contributed by atoms with Crippen molar-refractivity contribution >= 4 is 40.0 Å². The van der Waals surface area contributed by atoms with Crippen LogP contribution >= 0.6 is 24.0 Å². The molecule has 0 aliphatic heterocycles. The molecule has 174 valence electrons. The topological polar surface area (TPSA) is 109 Å². The van der Waals surface area contributed by atoms with Crippen LogP contribution in [0.15, 0.2) is 32.6 Å². The number of hydrogen-bond donors (Lipinski definition) is 3. The fourth-order valence-corrected chi connectivity index (χ4v) is 4.42. The van der Waals surface area contributed by atoms with Gasteiger partial charge >= 0.3 is 0 Å². The second-order valence-electron chi connectivity index (χ2n) is 7.03. The summed E-state index contributed by atoms with van der Waals surface area (Å²) in [4.78, 5) is 4.92. The number of halogens is 1. The Bertz CT molecular complexity index is 952. The molecule has 1 aromatic heterocycles. The molecule has 0 spiro atoms. The van der Waals surface area contributed by atoms with Crippen molar-refractivity contribution in [1.29, 1.82) is 0 Å². The first-order chi connectivity index (χ1) is 14.3. The van der Waals surface area contributed by atoms with Crippen LogP contribution < -0.4 is 15.4 Å². The Morgan fingerprint density at radius 1 is 1.10 bits per heavy atom. The van der Waals surface area contributed by atoms with Crippen LogP contribution in [0.5, 0.6) is 0 Å². The summed E-state index contributed by atoms with van der Waals surface area (Å²) in [5.41, 5.74) is 3.58. The minimum absolute atomic E-state index is 0. The quantitative estimate of drug-likeness (QED) is 0.178. The maximum Gasteiger partial charge on any atom is 0.240 e. The van der Waals surface area contributed by atoms with Gasteiger partial charge in [-0.2, -0.15) is 0 Å². The maximum atomic E-state index is 12.6. The largest absolute Gasteiger partial charge is 0.361 e. The van der Waals surface area contributed by atoms with Gasteiger partial charge in [-0.25, -0.2) is 18.1 Å². The lowest BCUT2D eigenvalue weighted by Crippen LogP contribution is -2.41. The number of aliphatic imine (C=N–C) groups is 1. The van der Waals surface area contributed by atoms with E-state index in [4.69, 9.17) is 4.52 Å². The van der Waals surface area contributed by atoms with E-state index in [1.807, 2.05) is 39.8 Å². The fourth-order valence-electron chi connectivity index (χ4n) is 3.06. The average molecular weight is 564 g/mol. The smallest absolute Gasteiger partial charge is 0.240 e. The molecule has 0 amide bonds. The molecule has 8 nitrogen and oxygen atoms in total. The zero-order valence-electron chi connectivity index (χ0n) is 18.9. The highest BCUT2D eigenvalue weighted by Crippen LogP contribution is 2.17. The molecule has 0 unspecified atom stereocenters. The van der Waals surface area contributed by atoms with Crippen LogP contribution in [0.1, 0.15) is 48.9 Å². The van der Waals surface area contributed by atoms with E-state index in [0.717, 1.165) is 41.0 Å². The van der Waals surface area contributed by atoms with Gasteiger partial charge in [0.05, 0.1) is 17.1 Å². The fraction of sp³-hybridized carbons (Fsp3) is 0.524. The summed E-state index contributed by atoms with van der Waals surface area (Å²) in [6, 6.07) is 5.41. The summed E-state index contributed by atoms with van der Waals surface area (Å²) >= 11 is 0. The Kier molecular flexibility index (Phi) is 11.5. The first-order valence-corrected chi connectivity index (χ1v) is 11.9. The third kappa shape index (κ3) is 7.76. The Morgan fingerprint density at radius 2 is 1.84 bits per heavy atom. The third-order valence-electron chi connectivity index (χ3n) is 4.69. The zero-order valence-corrected chi connectivity index (χ0v) is 22.1. The van der Waals surface area contributed by atoms with E-state index >= 15 is 0 Å². The van der Waals surface area contributed by atoms with Crippen LogP contribution in [0.3, 0.4) is 0 Å². The Morgan fingerprint density at radius 3 is 2.48 bits per heavy atom. The molecule has 0 fully saturated rings. The van der Waals surface area contributed by atoms with Gasteiger partial charge in [-0.15, -0.1) is 24.0 Å². The maximum absolute atomic E-state index is 12.6. The molecule has 0 radical (unpaired) electrons. The van der Waals surface area contributed by atoms with Crippen LogP contribution in [-0.4, -0.2) is 39.2 Å². The van der Waals surface area contributed by atoms with Crippen molar-refractivity contribution in [3.63, 3.8) is 0 Å². The molecule has 10 heteroatoms. The highest BCUT2D eigenvalue weighted by molar-refractivity contribution is 14.0. The Balaban J connectivity index is 0.00000480. The SMILES string of the molecule is CCNC(=NCc1c(CC)noc1CC)NCCNS(=O)(=O)c1cc(C)ccc1C.I. The molecule has 3 N–H and O–H groups in total. The normalized spacial score (nSPS) is 11.8. The molecule has 1 aromatic carbocycles. The van der Waals surface area contributed by atoms with Crippen LogP contribution in [0.4, 0.5) is 0 Å². The van der Waals surface area contributed by atoms with Gasteiger partial charge < -0.3 is 15.2 Å². The number of hydrogen-bond acceptors (Lipinski definition) is 5. The molecule has 31 heavy (non-hydrogen) atoms. The minimum Gasteiger partial charge on any atom is -0.361 e. The van der Waals surface area contributed by atoms with Crippen molar-refractivity contribution < 1.29 is 12.9 Å². The summed E-state index contributed by atoms with van der Waals surface area (Å²) in [5, 5.41) is 10.5. The van der Waals surface area contributed by atoms with E-state index in [2.05, 4.69) is 25.5 Å². The molecule has 0 saturated carbocycles. The van der Waals surface area contributed by atoms with Crippen LogP contribution in [0.25, 0.3) is 0 Å². The second kappa shape index (κ2) is 13.0. The van der Waals surface area contributed by atoms with Crippen LogP contribution in [-0.2, 0) is 29.4 Å². The Labute approximate surface area is 202 Å². The molecular formula is C21H34IN5O3S. The molecule has 2 aromatic rings. The van der Waals surface area contributed by atoms with Crippen LogP contribution in [0, 0.1) is 13.8 Å². The van der Waals surface area contributed by atoms with Gasteiger partial charge in [-0.1, -0.05) is 31.1 Å². The zero-order chi connectivity index (χ0) is 22.1. The van der Waals surface area contributed by atoms with Crippen molar-refractivity contribution in [2.45, 2.75) is 58.9 Å². The number of nitrogens with one attached hydrogen (secondary N) is 3. The van der Waals surface area contributed by atoms with E-state index < -0.39 is 10.0 Å². The molecule has 1 heterocycles. The summed E-state index contributed by atoms with van der Waals surface area (Å²) in [5.74, 6) is 1.47. The summed E-state index contributed by atoms with van der Waals surface area (Å²) < 4.78 is 33.2. The highest BCUT2D eigenvalue weighted by Gasteiger charge is 2.16. The molecule has 0 atom stereocenters. The van der Waals surface area contributed by atoms with Crippen molar-refractivity contribution in [1.82, 2.24) is 20.5 Å². The number of nitrogens with zero attached hydrogens (tertiary/aromatic N) is 2. The van der Waals surface area contributed by atoms with E-state index in [9.17, 15) is 8.42 Å². The summed E-state index contributed by atoms with van der Waals surface area (Å²) in [7, 11) is -3.56. The predicted molar refractivity (Wildman–Crippen MR) is 135 cm³/mol. The first kappa shape index (κ1) is 27.4. The van der Waals surface area contributed by atoms with Crippen molar-refractivity contribution in [3.8, 4) is 0 Å². The lowest BCUT2D eigenvalue weighted by molar-refractivity contribution is 0.380. The number of rotatable bonds is 10. The van der Waals surface area contributed by atoms with E-state index in [1.54, 1.807) is 13.0 Å². The molecule has 0 saturated heterocycles. The first-order valence-electron chi connectivity index (χ1n) is 10.4. The molecule has 0 aliphatic rings. The average Bonchev–Trinajstić information content (AvgIpc) is 3.12. The van der Waals surface area contributed by atoms with Crippen molar-refractivity contribution in [3.05, 3.63) is 46.3 Å². The monoisotopic (exact) mass is 563 g/mol. The van der Waals surface area contributed by atoms with Gasteiger partial charge in [0.2, 0.25) is 10.0 Å². The van der Waals surface area contributed by atoms with Gasteiger partial charge in [-0.05, 0) is 44.4 Å². The number of sulfonamides is 1. The summed E-state index contributed by atoms with van der Waals surface area (Å²) in [6.07, 6.45) is 1.56. The molecule has 0 bridgehead atoms. The lowest BCUT2D eigenvalue weighted by atomic mass is 10.1. The van der Waals surface area contributed by atoms with Gasteiger partial charge in [0, 0.05) is 31.6 Å². The standard InChI is InChI=1S/C21H33N5O3S.HI/c1-6-18-17(19(7-2)29-26-18)14-24-21(22-8-3)23-11-12-25-30(27,28)20-13-15(4)9-10-16(20)5;/h9-10,13,25H,6-8,11-12,14H2,1-5H3,(H2,22,23,24);1H. The van der Waals surface area contributed by atoms with Crippen molar-refractivity contribution in [2.75, 3.05) is 19.6 Å². The molecule has 0 aliphatic carbocycles. The molecular weight excluding hydrogens is 529 g/mol. The number of guanidine groups is 1. The van der Waals surface area contributed by atoms with Gasteiger partial charge in [0.1, 0.15) is 5.76 Å². The van der Waals surface area contributed by atoms with Crippen molar-refractivity contribution in [2.24, 2.45) is 4.99 Å². The minimum atomic E-state index is -3.56. The number of aryl methyl sites for hydroxylation is 4. The Hall–Kier alpha value is -1.66. The third-order valence-corrected chi connectivity index (χ3v) is 6.29. The van der Waals surface area contributed by atoms with E-state index in [-0.39, 0.29) is 30.5 Å². The van der Waals surface area contributed by atoms with E-state index in [1.165, 1.54) is 0 Å². The predicted octanol–water partition coefficient (Wildman–Crippen LogP) is 3.07. The van der Waals surface area contributed by atoms with Crippen LogP contribution in [0.2, 0.25) is 0 Å². The van der Waals surface area contributed by atoms with Gasteiger partial charge in [0.15, 0.2) is 5.96 Å². The number of aromatic nitrogens is 1. The molecule has 2 rings (SSSR count). The summed E-state index contributed by atoms with van der Waals surface area (Å²) in [6.45, 7) is 11.5. The van der Waals surface area contributed by atoms with Gasteiger partial charge in [0.25, 0.3) is 0 Å². The highest BCUT2D eigenvalue weighted by atomic mass is 127. The van der Waals surface area contributed by atoms with E-state index in [0.29, 0.717) is 30.5 Å². The second-order valence-corrected chi connectivity index (χ2v) is 8.76. The lowest BCUT2D eigenvalue weighted by Gasteiger charge is -2.13.